The van der Waals surface area contributed by atoms with E-state index in [1.807, 2.05) is 0 Å². The maximum absolute atomic E-state index is 12.8. The van der Waals surface area contributed by atoms with Gasteiger partial charge in [-0.2, -0.15) is 0 Å². The molecule has 0 spiro atoms. The zero-order chi connectivity index (χ0) is 45.2. The zero-order valence-electron chi connectivity index (χ0n) is 43.2. The van der Waals surface area contributed by atoms with Crippen LogP contribution in [-0.2, 0) is 36.7 Å². The molecule has 14 rings (SSSR count). The number of phenolic OH excluding ortho intramolecular Hbond substituents is 2. The van der Waals surface area contributed by atoms with E-state index in [0.29, 0.717) is 44.0 Å². The van der Waals surface area contributed by atoms with Gasteiger partial charge < -0.3 is 30.0 Å². The molecule has 1 aliphatic heterocycles. The Balaban J connectivity index is 0.00000193. The fourth-order valence-corrected chi connectivity index (χ4v) is 19.8. The van der Waals surface area contributed by atoms with E-state index in [4.69, 9.17) is 4.98 Å². The molecule has 4 nitrogen and oxygen atoms in total. The Morgan fingerprint density at radius 1 is 0.426 bits per heavy atom. The second-order valence-corrected chi connectivity index (χ2v) is 26.3. The fourth-order valence-electron chi connectivity index (χ4n) is 19.8. The number of benzene rings is 4. The molecule has 0 atom stereocenters. The van der Waals surface area contributed by atoms with Crippen LogP contribution >= 0.6 is 0 Å². The van der Waals surface area contributed by atoms with E-state index in [2.05, 4.69) is 145 Å². The second-order valence-electron chi connectivity index (χ2n) is 26.3. The van der Waals surface area contributed by atoms with Crippen LogP contribution in [0, 0.1) is 61.2 Å². The van der Waals surface area contributed by atoms with E-state index in [1.165, 1.54) is 79.3 Å². The van der Waals surface area contributed by atoms with Gasteiger partial charge in [0.25, 0.3) is 0 Å². The Kier molecular flexibility index (Phi) is 11.7. The van der Waals surface area contributed by atoms with Crippen LogP contribution in [0.1, 0.15) is 154 Å². The summed E-state index contributed by atoms with van der Waals surface area (Å²) in [5.41, 5.74) is 15.5. The van der Waals surface area contributed by atoms with E-state index in [1.54, 1.807) is 0 Å². The Bertz CT molecular complexity index is 2530. The third kappa shape index (κ3) is 7.79. The summed E-state index contributed by atoms with van der Waals surface area (Å²) >= 11 is 0. The number of nitrogens with zero attached hydrogens (tertiary/aromatic N) is 2. The Morgan fingerprint density at radius 2 is 0.735 bits per heavy atom. The van der Waals surface area contributed by atoms with Crippen molar-refractivity contribution in [2.24, 2.45) is 32.5 Å². The normalized spacial score (nSPS) is 34.9. The molecule has 0 amide bonds. The molecule has 8 aliphatic carbocycles. The molecule has 0 radical (unpaired) electrons. The summed E-state index contributed by atoms with van der Waals surface area (Å²) in [6.07, 6.45) is 17.1. The first-order chi connectivity index (χ1) is 30.7. The Labute approximate surface area is 429 Å². The fraction of sp³-hybridized carbons (Fsp3) is 0.508. The topological polar surface area (TPSA) is 56.6 Å². The first kappa shape index (κ1) is 49.3. The summed E-state index contributed by atoms with van der Waals surface area (Å²) in [5.74, 6) is 0.924. The smallest absolute Gasteiger partial charge is 0.127 e. The van der Waals surface area contributed by atoms with Gasteiger partial charge in [0.05, 0.1) is 11.4 Å². The number of hydrogen-bond acceptors (Lipinski definition) is 4. The predicted octanol–water partition coefficient (Wildman–Crippen LogP) is 16.6. The standard InChI is InChI=1S/C61H72N2O2.2CH3.Hf/c1-39-21-46(52(64)48(23-39)60-33-54(3)27-55(4,34-60)29-56(5,28-54)35-60)42-15-9-11-17-44(42)50-25-41(63-19-13-14-20-63)26-51(62-50)45-18-12-10-16-43(45)47-22-40(2)24-49(53(47)65)61-36-57(6)30-58(7,37-61)32-59(8,31-57)38-61;;;/h9-12,15-18,21-26,64-65H,13-14,19-20,27-38H2,1-8H3;2*1H3;/q;2*-1;. The average molecular weight is 1070 g/mol. The van der Waals surface area contributed by atoms with Crippen molar-refractivity contribution < 1.29 is 36.1 Å². The number of phenols is 2. The van der Waals surface area contributed by atoms with Gasteiger partial charge >= 0.3 is 0 Å². The summed E-state index contributed by atoms with van der Waals surface area (Å²) < 4.78 is 0. The van der Waals surface area contributed by atoms with Gasteiger partial charge in [-0.15, -0.1) is 0 Å². The number of aromatic nitrogens is 1. The quantitative estimate of drug-likeness (QED) is 0.126. The summed E-state index contributed by atoms with van der Waals surface area (Å²) in [5, 5.41) is 25.6. The molecule has 1 saturated heterocycles. The van der Waals surface area contributed by atoms with Gasteiger partial charge in [0.2, 0.25) is 0 Å². The van der Waals surface area contributed by atoms with Crippen molar-refractivity contribution in [3.8, 4) is 56.3 Å². The van der Waals surface area contributed by atoms with E-state index in [0.717, 1.165) is 96.4 Å². The maximum atomic E-state index is 12.8. The van der Waals surface area contributed by atoms with Gasteiger partial charge in [-0.25, -0.2) is 4.98 Å². The predicted molar refractivity (Wildman–Crippen MR) is 280 cm³/mol. The molecule has 0 unspecified atom stereocenters. The zero-order valence-corrected chi connectivity index (χ0v) is 46.8. The molecule has 8 saturated carbocycles. The first-order valence-corrected chi connectivity index (χ1v) is 25.4. The van der Waals surface area contributed by atoms with Crippen LogP contribution in [0.2, 0.25) is 0 Å². The van der Waals surface area contributed by atoms with Crippen LogP contribution in [0.3, 0.4) is 0 Å². The van der Waals surface area contributed by atoms with E-state index < -0.39 is 0 Å². The van der Waals surface area contributed by atoms with Crippen LogP contribution in [0.5, 0.6) is 11.5 Å². The molecule has 4 aromatic carbocycles. The minimum Gasteiger partial charge on any atom is -0.507 e. The molecule has 358 valence electrons. The monoisotopic (exact) mass is 1070 g/mol. The number of rotatable bonds is 7. The molecule has 5 aromatic rings. The average Bonchev–Trinajstić information content (AvgIpc) is 3.74. The Hall–Kier alpha value is -3.70. The van der Waals surface area contributed by atoms with E-state index in [9.17, 15) is 10.2 Å². The molecule has 5 heteroatoms. The molecular weight excluding hydrogens is 995 g/mol. The van der Waals surface area contributed by atoms with Gasteiger partial charge in [0, 0.05) is 88.8 Å². The van der Waals surface area contributed by atoms with Crippen molar-refractivity contribution in [3.05, 3.63) is 122 Å². The van der Waals surface area contributed by atoms with Crippen LogP contribution in [0.15, 0.2) is 84.9 Å². The van der Waals surface area contributed by atoms with Crippen molar-refractivity contribution in [2.45, 2.75) is 156 Å². The van der Waals surface area contributed by atoms with Crippen LogP contribution in [0.25, 0.3) is 44.8 Å². The van der Waals surface area contributed by atoms with E-state index in [-0.39, 0.29) is 51.5 Å². The van der Waals surface area contributed by atoms with Crippen LogP contribution < -0.4 is 4.90 Å². The second kappa shape index (κ2) is 16.2. The van der Waals surface area contributed by atoms with Gasteiger partial charge in [-0.05, 0) is 183 Å². The Morgan fingerprint density at radius 3 is 1.06 bits per heavy atom. The summed E-state index contributed by atoms with van der Waals surface area (Å²) in [6, 6.07) is 31.0. The van der Waals surface area contributed by atoms with Crippen molar-refractivity contribution in [3.63, 3.8) is 0 Å². The molecular formula is C63H78HfN2O2-2. The number of aromatic hydroxyl groups is 2. The minimum atomic E-state index is -0.0254. The molecule has 2 heterocycles. The molecule has 1 aromatic heterocycles. The van der Waals surface area contributed by atoms with Crippen molar-refractivity contribution >= 4 is 5.69 Å². The molecule has 2 N–H and O–H groups in total. The molecule has 9 fully saturated rings. The molecule has 8 bridgehead atoms. The summed E-state index contributed by atoms with van der Waals surface area (Å²) in [6.45, 7) is 21.7. The number of hydrogen-bond donors (Lipinski definition) is 2. The number of pyridine rings is 1. The van der Waals surface area contributed by atoms with E-state index >= 15 is 0 Å². The van der Waals surface area contributed by atoms with Crippen LogP contribution in [0.4, 0.5) is 5.69 Å². The largest absolute Gasteiger partial charge is 0.507 e. The van der Waals surface area contributed by atoms with Gasteiger partial charge in [0.15, 0.2) is 0 Å². The van der Waals surface area contributed by atoms with Crippen molar-refractivity contribution in [1.82, 2.24) is 4.98 Å². The SMILES string of the molecule is Cc1cc(-c2ccccc2-c2cc(N3CCCC3)cc(-c3ccccc3-c3cc(C)cc(C45CC6(C)CC(C)(CC(C)(C6)C4)C5)c3O)n2)c(O)c(C23CC4(C)CC(C)(CC(C)(C4)C2)C3)c1.[CH3-].[CH3-].[Hf]. The van der Waals surface area contributed by atoms with Gasteiger partial charge in [-0.3, -0.25) is 0 Å². The van der Waals surface area contributed by atoms with Gasteiger partial charge in [0.1, 0.15) is 11.5 Å². The van der Waals surface area contributed by atoms with Crippen LogP contribution in [-0.4, -0.2) is 28.3 Å². The third-order valence-electron chi connectivity index (χ3n) is 18.6. The van der Waals surface area contributed by atoms with Gasteiger partial charge in [-0.1, -0.05) is 102 Å². The summed E-state index contributed by atoms with van der Waals surface area (Å²) in [4.78, 5) is 8.16. The minimum absolute atomic E-state index is 0. The third-order valence-corrected chi connectivity index (χ3v) is 18.6. The molecule has 9 aliphatic rings. The number of anilines is 1. The molecule has 68 heavy (non-hydrogen) atoms. The maximum Gasteiger partial charge on any atom is 0.127 e. The summed E-state index contributed by atoms with van der Waals surface area (Å²) in [7, 11) is 0. The first-order valence-electron chi connectivity index (χ1n) is 25.4. The van der Waals surface area contributed by atoms with Crippen molar-refractivity contribution in [1.29, 1.82) is 0 Å². The number of aryl methyl sites for hydroxylation is 2. The van der Waals surface area contributed by atoms with Crippen molar-refractivity contribution in [2.75, 3.05) is 18.0 Å².